The van der Waals surface area contributed by atoms with Gasteiger partial charge in [0.2, 0.25) is 5.91 Å². The summed E-state index contributed by atoms with van der Waals surface area (Å²) in [6.07, 6.45) is 3.44. The van der Waals surface area contributed by atoms with Crippen LogP contribution in [0.4, 0.5) is 0 Å². The van der Waals surface area contributed by atoms with Crippen LogP contribution in [0.3, 0.4) is 0 Å². The van der Waals surface area contributed by atoms with Crippen molar-refractivity contribution in [2.45, 2.75) is 45.6 Å². The number of aromatic nitrogens is 2. The van der Waals surface area contributed by atoms with Crippen LogP contribution in [0.15, 0.2) is 54.6 Å². The maximum Gasteiger partial charge on any atom is 0.220 e. The van der Waals surface area contributed by atoms with E-state index in [0.717, 1.165) is 36.4 Å². The Labute approximate surface area is 182 Å². The van der Waals surface area contributed by atoms with Crippen LogP contribution in [0.25, 0.3) is 5.69 Å². The third-order valence-electron chi connectivity index (χ3n) is 5.53. The normalized spacial score (nSPS) is 12.4. The zero-order valence-corrected chi connectivity index (χ0v) is 17.8. The second-order valence-electron chi connectivity index (χ2n) is 7.63. The molecular weight excluding hydrogens is 390 g/mol. The van der Waals surface area contributed by atoms with Gasteiger partial charge in [-0.3, -0.25) is 9.59 Å². The number of para-hydroxylation sites is 1. The molecule has 1 aromatic heterocycles. The first-order valence-corrected chi connectivity index (χ1v) is 10.8. The molecule has 2 aromatic carbocycles. The van der Waals surface area contributed by atoms with Gasteiger partial charge in [-0.05, 0) is 68.1 Å². The summed E-state index contributed by atoms with van der Waals surface area (Å²) < 4.78 is 7.39. The van der Waals surface area contributed by atoms with Gasteiger partial charge in [0.25, 0.3) is 0 Å². The molecule has 1 heterocycles. The molecule has 0 radical (unpaired) electrons. The molecule has 31 heavy (non-hydrogen) atoms. The zero-order chi connectivity index (χ0) is 21.6. The smallest absolute Gasteiger partial charge is 0.220 e. The van der Waals surface area contributed by atoms with E-state index in [1.807, 2.05) is 41.9 Å². The van der Waals surface area contributed by atoms with Gasteiger partial charge in [0.15, 0.2) is 5.78 Å². The van der Waals surface area contributed by atoms with Crippen LogP contribution in [0.5, 0.6) is 5.75 Å². The van der Waals surface area contributed by atoms with E-state index in [2.05, 4.69) is 5.32 Å². The molecule has 0 bridgehead atoms. The van der Waals surface area contributed by atoms with E-state index in [1.54, 1.807) is 24.3 Å². The summed E-state index contributed by atoms with van der Waals surface area (Å²) in [6.45, 7) is 2.89. The molecule has 6 nitrogen and oxygen atoms in total. The van der Waals surface area contributed by atoms with Crippen molar-refractivity contribution in [3.63, 3.8) is 0 Å². The molecule has 1 aliphatic carbocycles. The lowest BCUT2D eigenvalue weighted by Gasteiger charge is -2.06. The van der Waals surface area contributed by atoms with Crippen molar-refractivity contribution in [3.8, 4) is 11.4 Å². The standard InChI is InChI=1S/C25H27N3O3/c1-2-31-20-13-11-18(12-14-20)24(29)15-16-25(30)26-17-22-21-9-6-10-23(21)28(27-22)19-7-4-3-5-8-19/h3-5,7-8,11-14H,2,6,9-10,15-17H2,1H3,(H,26,30). The number of ketones is 1. The largest absolute Gasteiger partial charge is 0.494 e. The number of fused-ring (bicyclic) bond motifs is 1. The highest BCUT2D eigenvalue weighted by Crippen LogP contribution is 2.27. The third kappa shape index (κ3) is 4.85. The minimum Gasteiger partial charge on any atom is -0.494 e. The van der Waals surface area contributed by atoms with E-state index in [1.165, 1.54) is 11.3 Å². The number of amides is 1. The van der Waals surface area contributed by atoms with Gasteiger partial charge in [-0.25, -0.2) is 4.68 Å². The van der Waals surface area contributed by atoms with Crippen molar-refractivity contribution in [2.75, 3.05) is 6.61 Å². The highest BCUT2D eigenvalue weighted by Gasteiger charge is 2.23. The molecule has 1 N–H and O–H groups in total. The molecule has 0 saturated heterocycles. The number of carbonyl (C=O) groups is 2. The van der Waals surface area contributed by atoms with Crippen LogP contribution < -0.4 is 10.1 Å². The Morgan fingerprint density at radius 2 is 1.81 bits per heavy atom. The highest BCUT2D eigenvalue weighted by molar-refractivity contribution is 5.98. The number of hydrogen-bond acceptors (Lipinski definition) is 4. The summed E-state index contributed by atoms with van der Waals surface area (Å²) in [5.74, 6) is 0.548. The Morgan fingerprint density at radius 1 is 1.03 bits per heavy atom. The molecule has 0 saturated carbocycles. The number of hydrogen-bond donors (Lipinski definition) is 1. The van der Waals surface area contributed by atoms with Gasteiger partial charge in [-0.15, -0.1) is 0 Å². The van der Waals surface area contributed by atoms with Crippen molar-refractivity contribution in [2.24, 2.45) is 0 Å². The van der Waals surface area contributed by atoms with E-state index < -0.39 is 0 Å². The molecule has 3 aromatic rings. The molecule has 0 aliphatic heterocycles. The van der Waals surface area contributed by atoms with Crippen LogP contribution in [-0.4, -0.2) is 28.1 Å². The van der Waals surface area contributed by atoms with Crippen LogP contribution in [-0.2, 0) is 24.2 Å². The van der Waals surface area contributed by atoms with Gasteiger partial charge in [0, 0.05) is 24.1 Å². The first kappa shape index (κ1) is 20.8. The quantitative estimate of drug-likeness (QED) is 0.534. The highest BCUT2D eigenvalue weighted by atomic mass is 16.5. The van der Waals surface area contributed by atoms with Crippen LogP contribution >= 0.6 is 0 Å². The molecule has 160 valence electrons. The molecule has 4 rings (SSSR count). The summed E-state index contributed by atoms with van der Waals surface area (Å²) in [6, 6.07) is 17.1. The van der Waals surface area contributed by atoms with Gasteiger partial charge in [-0.2, -0.15) is 5.10 Å². The minimum atomic E-state index is -0.139. The second kappa shape index (κ2) is 9.60. The van der Waals surface area contributed by atoms with Crippen molar-refractivity contribution in [1.82, 2.24) is 15.1 Å². The minimum absolute atomic E-state index is 0.0487. The average Bonchev–Trinajstić information content (AvgIpc) is 3.41. The van der Waals surface area contributed by atoms with Crippen molar-refractivity contribution in [3.05, 3.63) is 77.1 Å². The van der Waals surface area contributed by atoms with Crippen LogP contribution in [0, 0.1) is 0 Å². The van der Waals surface area contributed by atoms with E-state index in [4.69, 9.17) is 9.84 Å². The second-order valence-corrected chi connectivity index (χ2v) is 7.63. The van der Waals surface area contributed by atoms with Gasteiger partial charge < -0.3 is 10.1 Å². The van der Waals surface area contributed by atoms with E-state index in [9.17, 15) is 9.59 Å². The van der Waals surface area contributed by atoms with E-state index in [0.29, 0.717) is 18.7 Å². The van der Waals surface area contributed by atoms with Gasteiger partial charge in [0.1, 0.15) is 5.75 Å². The maximum atomic E-state index is 12.4. The monoisotopic (exact) mass is 417 g/mol. The Hall–Kier alpha value is -3.41. The maximum absolute atomic E-state index is 12.4. The Morgan fingerprint density at radius 3 is 2.55 bits per heavy atom. The zero-order valence-electron chi connectivity index (χ0n) is 17.8. The predicted molar refractivity (Wildman–Crippen MR) is 119 cm³/mol. The van der Waals surface area contributed by atoms with Crippen molar-refractivity contribution in [1.29, 1.82) is 0 Å². The van der Waals surface area contributed by atoms with Crippen LogP contribution in [0.2, 0.25) is 0 Å². The van der Waals surface area contributed by atoms with Gasteiger partial charge >= 0.3 is 0 Å². The topological polar surface area (TPSA) is 73.2 Å². The third-order valence-corrected chi connectivity index (χ3v) is 5.53. The number of carbonyl (C=O) groups excluding carboxylic acids is 2. The lowest BCUT2D eigenvalue weighted by molar-refractivity contribution is -0.121. The molecule has 0 atom stereocenters. The molecule has 0 fully saturated rings. The summed E-state index contributed by atoms with van der Waals surface area (Å²) in [5, 5.41) is 7.70. The summed E-state index contributed by atoms with van der Waals surface area (Å²) in [7, 11) is 0. The average molecular weight is 418 g/mol. The first-order valence-electron chi connectivity index (χ1n) is 10.8. The molecular formula is C25H27N3O3. The SMILES string of the molecule is CCOc1ccc(C(=O)CCC(=O)NCc2nn(-c3ccccc3)c3c2CCC3)cc1. The summed E-state index contributed by atoms with van der Waals surface area (Å²) in [4.78, 5) is 24.7. The number of Topliss-reactive ketones (excluding diaryl/α,β-unsaturated/α-hetero) is 1. The van der Waals surface area contributed by atoms with E-state index in [-0.39, 0.29) is 24.5 Å². The van der Waals surface area contributed by atoms with Crippen LogP contribution in [0.1, 0.15) is 53.5 Å². The fourth-order valence-electron chi connectivity index (χ4n) is 3.98. The number of nitrogens with zero attached hydrogens (tertiary/aromatic N) is 2. The molecule has 0 unspecified atom stereocenters. The predicted octanol–water partition coefficient (Wildman–Crippen LogP) is 4.04. The molecule has 0 spiro atoms. The Kier molecular flexibility index (Phi) is 6.46. The lowest BCUT2D eigenvalue weighted by atomic mass is 10.1. The number of rotatable bonds is 9. The summed E-state index contributed by atoms with van der Waals surface area (Å²) >= 11 is 0. The van der Waals surface area contributed by atoms with Crippen molar-refractivity contribution >= 4 is 11.7 Å². The van der Waals surface area contributed by atoms with Gasteiger partial charge in [-0.1, -0.05) is 18.2 Å². The number of benzene rings is 2. The lowest BCUT2D eigenvalue weighted by Crippen LogP contribution is -2.24. The Balaban J connectivity index is 1.33. The molecule has 1 amide bonds. The summed E-state index contributed by atoms with van der Waals surface area (Å²) in [5.41, 5.74) is 5.04. The van der Waals surface area contributed by atoms with Gasteiger partial charge in [0.05, 0.1) is 24.5 Å². The van der Waals surface area contributed by atoms with E-state index >= 15 is 0 Å². The first-order chi connectivity index (χ1) is 15.2. The van der Waals surface area contributed by atoms with Crippen molar-refractivity contribution < 1.29 is 14.3 Å². The fourth-order valence-corrected chi connectivity index (χ4v) is 3.98. The molecule has 1 aliphatic rings. The number of nitrogens with one attached hydrogen (secondary N) is 1. The Bertz CT molecular complexity index is 1060. The molecule has 6 heteroatoms. The number of ether oxygens (including phenoxy) is 1. The fraction of sp³-hybridized carbons (Fsp3) is 0.320.